The topological polar surface area (TPSA) is 126 Å². The van der Waals surface area contributed by atoms with Crippen LogP contribution >= 0.6 is 0 Å². The maximum absolute atomic E-state index is 12.9. The average Bonchev–Trinajstić information content (AvgIpc) is 2.80. The molecule has 1 N–H and O–H groups in total. The molecular weight excluding hydrogens is 438 g/mol. The summed E-state index contributed by atoms with van der Waals surface area (Å²) in [6, 6.07) is 12.0. The van der Waals surface area contributed by atoms with Gasteiger partial charge in [0.2, 0.25) is 11.8 Å². The summed E-state index contributed by atoms with van der Waals surface area (Å²) in [6.45, 7) is 1.70. The van der Waals surface area contributed by atoms with Gasteiger partial charge >= 0.3 is 12.0 Å². The average molecular weight is 459 g/mol. The van der Waals surface area contributed by atoms with Crippen molar-refractivity contribution in [2.75, 3.05) is 26.1 Å². The van der Waals surface area contributed by atoms with Crippen molar-refractivity contribution in [1.29, 1.82) is 0 Å². The Morgan fingerprint density at radius 2 is 1.59 bits per heavy atom. The summed E-state index contributed by atoms with van der Waals surface area (Å²) in [5.41, 5.74) is 0.807. The summed E-state index contributed by atoms with van der Waals surface area (Å²) < 4.78 is 48.8. The van der Waals surface area contributed by atoms with Gasteiger partial charge in [0.25, 0.3) is 10.0 Å². The Morgan fingerprint density at radius 3 is 2.19 bits per heavy atom. The Bertz CT molecular complexity index is 1220. The largest absolute Gasteiger partial charge is 0.481 e. The minimum absolute atomic E-state index is 0.000867. The van der Waals surface area contributed by atoms with Crippen molar-refractivity contribution >= 4 is 21.7 Å². The van der Waals surface area contributed by atoms with E-state index in [4.69, 9.17) is 14.2 Å². The molecule has 0 amide bonds. The Labute approximate surface area is 185 Å². The van der Waals surface area contributed by atoms with Crippen LogP contribution in [0.1, 0.15) is 15.9 Å². The Balaban J connectivity index is 1.86. The first kappa shape index (κ1) is 22.8. The monoisotopic (exact) mass is 459 g/mol. The van der Waals surface area contributed by atoms with Crippen molar-refractivity contribution in [2.24, 2.45) is 0 Å². The number of rotatable bonds is 8. The predicted octanol–water partition coefficient (Wildman–Crippen LogP) is 3.18. The van der Waals surface area contributed by atoms with Gasteiger partial charge in [0.15, 0.2) is 0 Å². The molecule has 0 fully saturated rings. The second-order valence-corrected chi connectivity index (χ2v) is 8.06. The number of nitrogens with one attached hydrogen (secondary N) is 1. The second-order valence-electron chi connectivity index (χ2n) is 6.41. The molecule has 1 heterocycles. The fraction of sp³-hybridized carbons (Fsp3) is 0.190. The van der Waals surface area contributed by atoms with Gasteiger partial charge in [-0.2, -0.15) is 9.97 Å². The van der Waals surface area contributed by atoms with Crippen LogP contribution in [0.25, 0.3) is 0 Å². The van der Waals surface area contributed by atoms with E-state index in [1.54, 1.807) is 25.1 Å². The van der Waals surface area contributed by atoms with Crippen LogP contribution in [-0.2, 0) is 14.8 Å². The van der Waals surface area contributed by atoms with E-state index in [1.165, 1.54) is 51.7 Å². The number of hydrogen-bond donors (Lipinski definition) is 1. The molecule has 11 heteroatoms. The SMILES string of the molecule is COC(=O)c1ccccc1S(=O)(=O)Nc1ccc(Oc2nc(OC)cc(OC)n2)cc1C. The highest BCUT2D eigenvalue weighted by molar-refractivity contribution is 7.92. The second kappa shape index (κ2) is 9.52. The number of carbonyl (C=O) groups is 1. The molecule has 10 nitrogen and oxygen atoms in total. The number of benzene rings is 2. The maximum atomic E-state index is 12.9. The highest BCUT2D eigenvalue weighted by atomic mass is 32.2. The van der Waals surface area contributed by atoms with Crippen LogP contribution < -0.4 is 18.9 Å². The van der Waals surface area contributed by atoms with Crippen LogP contribution in [0.3, 0.4) is 0 Å². The molecule has 0 saturated heterocycles. The molecule has 0 unspecified atom stereocenters. The summed E-state index contributed by atoms with van der Waals surface area (Å²) >= 11 is 0. The zero-order chi connectivity index (χ0) is 23.3. The summed E-state index contributed by atoms with van der Waals surface area (Å²) in [4.78, 5) is 19.9. The lowest BCUT2D eigenvalue weighted by atomic mass is 10.2. The molecule has 3 rings (SSSR count). The number of carbonyl (C=O) groups excluding carboxylic acids is 1. The number of esters is 1. The third-order valence-corrected chi connectivity index (χ3v) is 5.73. The standard InChI is InChI=1S/C21H21N3O7S/c1-13-11-14(31-21-22-18(28-2)12-19(23-21)29-3)9-10-16(13)24-32(26,27)17-8-6-5-7-15(17)20(25)30-4/h5-12,24H,1-4H3. The molecule has 2 aromatic carbocycles. The molecular formula is C21H21N3O7S. The van der Waals surface area contributed by atoms with Crippen molar-refractivity contribution in [2.45, 2.75) is 11.8 Å². The number of anilines is 1. The van der Waals surface area contributed by atoms with E-state index in [0.29, 0.717) is 17.0 Å². The third-order valence-electron chi connectivity index (χ3n) is 4.31. The molecule has 32 heavy (non-hydrogen) atoms. The third kappa shape index (κ3) is 5.06. The minimum atomic E-state index is -4.06. The molecule has 0 aliphatic carbocycles. The molecule has 0 saturated carbocycles. The number of aryl methyl sites for hydroxylation is 1. The molecule has 0 bridgehead atoms. The number of methoxy groups -OCH3 is 3. The van der Waals surface area contributed by atoms with Gasteiger partial charge < -0.3 is 18.9 Å². The fourth-order valence-corrected chi connectivity index (χ4v) is 4.06. The molecule has 168 valence electrons. The first-order valence-electron chi connectivity index (χ1n) is 9.23. The van der Waals surface area contributed by atoms with Gasteiger partial charge in [0, 0.05) is 0 Å². The van der Waals surface area contributed by atoms with Crippen LogP contribution in [0.4, 0.5) is 5.69 Å². The number of ether oxygens (including phenoxy) is 4. The van der Waals surface area contributed by atoms with E-state index < -0.39 is 16.0 Å². The lowest BCUT2D eigenvalue weighted by molar-refractivity contribution is 0.0596. The van der Waals surface area contributed by atoms with Crippen molar-refractivity contribution in [1.82, 2.24) is 9.97 Å². The highest BCUT2D eigenvalue weighted by Crippen LogP contribution is 2.28. The molecule has 0 spiro atoms. The zero-order valence-corrected chi connectivity index (χ0v) is 18.6. The lowest BCUT2D eigenvalue weighted by Crippen LogP contribution is -2.18. The molecule has 0 radical (unpaired) electrons. The summed E-state index contributed by atoms with van der Waals surface area (Å²) in [5, 5.41) is 0. The van der Waals surface area contributed by atoms with Crippen LogP contribution in [0.15, 0.2) is 53.4 Å². The number of aromatic nitrogens is 2. The van der Waals surface area contributed by atoms with Crippen molar-refractivity contribution in [3.05, 3.63) is 59.7 Å². The number of nitrogens with zero attached hydrogens (tertiary/aromatic N) is 2. The Kier molecular flexibility index (Phi) is 6.79. The van der Waals surface area contributed by atoms with E-state index in [9.17, 15) is 13.2 Å². The van der Waals surface area contributed by atoms with Crippen LogP contribution in [-0.4, -0.2) is 45.7 Å². The Hall–Kier alpha value is -3.86. The minimum Gasteiger partial charge on any atom is -0.481 e. The van der Waals surface area contributed by atoms with E-state index in [-0.39, 0.29) is 28.2 Å². The van der Waals surface area contributed by atoms with Gasteiger partial charge in [0.05, 0.1) is 38.6 Å². The van der Waals surface area contributed by atoms with Crippen molar-refractivity contribution < 1.29 is 32.2 Å². The van der Waals surface area contributed by atoms with Gasteiger partial charge in [0.1, 0.15) is 10.6 Å². The molecule has 3 aromatic rings. The molecule has 1 aromatic heterocycles. The smallest absolute Gasteiger partial charge is 0.339 e. The molecule has 0 atom stereocenters. The van der Waals surface area contributed by atoms with Crippen molar-refractivity contribution in [3.8, 4) is 23.5 Å². The summed E-state index contributed by atoms with van der Waals surface area (Å²) in [7, 11) is 0.0301. The van der Waals surface area contributed by atoms with E-state index in [2.05, 4.69) is 19.4 Å². The Morgan fingerprint density at radius 1 is 0.938 bits per heavy atom. The summed E-state index contributed by atoms with van der Waals surface area (Å²) in [5.74, 6) is 0.144. The van der Waals surface area contributed by atoms with Gasteiger partial charge in [-0.05, 0) is 42.8 Å². The first-order chi connectivity index (χ1) is 15.3. The fourth-order valence-electron chi connectivity index (χ4n) is 2.74. The van der Waals surface area contributed by atoms with E-state index in [0.717, 1.165) is 0 Å². The molecule has 0 aliphatic heterocycles. The van der Waals surface area contributed by atoms with Crippen LogP contribution in [0, 0.1) is 6.92 Å². The zero-order valence-electron chi connectivity index (χ0n) is 17.8. The normalized spacial score (nSPS) is 10.9. The van der Waals surface area contributed by atoms with E-state index in [1.807, 2.05) is 0 Å². The van der Waals surface area contributed by atoms with Gasteiger partial charge in [-0.25, -0.2) is 13.2 Å². The highest BCUT2D eigenvalue weighted by Gasteiger charge is 2.23. The van der Waals surface area contributed by atoms with Gasteiger partial charge in [-0.15, -0.1) is 0 Å². The van der Waals surface area contributed by atoms with Crippen LogP contribution in [0.2, 0.25) is 0 Å². The van der Waals surface area contributed by atoms with Gasteiger partial charge in [-0.3, -0.25) is 4.72 Å². The predicted molar refractivity (Wildman–Crippen MR) is 115 cm³/mol. The van der Waals surface area contributed by atoms with E-state index >= 15 is 0 Å². The molecule has 0 aliphatic rings. The summed E-state index contributed by atoms with van der Waals surface area (Å²) in [6.07, 6.45) is 0. The van der Waals surface area contributed by atoms with Crippen LogP contribution in [0.5, 0.6) is 23.5 Å². The maximum Gasteiger partial charge on any atom is 0.339 e. The first-order valence-corrected chi connectivity index (χ1v) is 10.7. The number of sulfonamides is 1. The quantitative estimate of drug-likeness (QED) is 0.505. The van der Waals surface area contributed by atoms with Gasteiger partial charge in [-0.1, -0.05) is 12.1 Å². The lowest BCUT2D eigenvalue weighted by Gasteiger charge is -2.14. The number of hydrogen-bond acceptors (Lipinski definition) is 9. The van der Waals surface area contributed by atoms with Crippen molar-refractivity contribution in [3.63, 3.8) is 0 Å².